The van der Waals surface area contributed by atoms with Gasteiger partial charge in [-0.3, -0.25) is 18.7 Å². The van der Waals surface area contributed by atoms with Crippen LogP contribution in [0.15, 0.2) is 39.2 Å². The van der Waals surface area contributed by atoms with Crippen LogP contribution >= 0.6 is 22.9 Å². The van der Waals surface area contributed by atoms with Crippen LogP contribution in [0.2, 0.25) is 5.02 Å². The van der Waals surface area contributed by atoms with Crippen molar-refractivity contribution in [2.45, 2.75) is 58.7 Å². The molecule has 1 amide bonds. The van der Waals surface area contributed by atoms with Crippen molar-refractivity contribution >= 4 is 39.1 Å². The van der Waals surface area contributed by atoms with Gasteiger partial charge in [-0.05, 0) is 69.0 Å². The zero-order chi connectivity index (χ0) is 23.7. The third-order valence-corrected chi connectivity index (χ3v) is 7.55. The molecule has 1 aromatic carbocycles. The molecule has 0 saturated heterocycles. The van der Waals surface area contributed by atoms with Crippen LogP contribution in [0.1, 0.15) is 45.1 Å². The number of aromatic nitrogens is 2. The Morgan fingerprint density at radius 2 is 1.91 bits per heavy atom. The topological polar surface area (TPSA) is 73.1 Å². The molecule has 2 heterocycles. The van der Waals surface area contributed by atoms with Gasteiger partial charge in [0.1, 0.15) is 10.5 Å². The molecule has 1 saturated carbocycles. The lowest BCUT2D eigenvalue weighted by atomic mass is 9.81. The van der Waals surface area contributed by atoms with Gasteiger partial charge in [-0.1, -0.05) is 17.7 Å². The Balaban J connectivity index is 1.61. The van der Waals surface area contributed by atoms with Gasteiger partial charge < -0.3 is 5.32 Å². The van der Waals surface area contributed by atoms with Gasteiger partial charge >= 0.3 is 5.69 Å². The number of nitrogens with one attached hydrogen (secondary N) is 1. The molecule has 0 atom stereocenters. The summed E-state index contributed by atoms with van der Waals surface area (Å²) in [6.07, 6.45) is 3.00. The molecule has 1 aliphatic carbocycles. The maximum absolute atomic E-state index is 14.4. The second-order valence-electron chi connectivity index (χ2n) is 9.00. The molecule has 0 spiro atoms. The van der Waals surface area contributed by atoms with Gasteiger partial charge in [0.05, 0.1) is 12.1 Å². The van der Waals surface area contributed by atoms with Crippen molar-refractivity contribution in [1.82, 2.24) is 14.5 Å². The van der Waals surface area contributed by atoms with Crippen molar-refractivity contribution in [1.29, 1.82) is 0 Å². The quantitative estimate of drug-likeness (QED) is 0.555. The molecule has 9 heteroatoms. The largest absolute Gasteiger partial charge is 0.354 e. The lowest BCUT2D eigenvalue weighted by Gasteiger charge is -2.28. The number of nitrogens with zero attached hydrogens (tertiary/aromatic N) is 2. The van der Waals surface area contributed by atoms with Crippen LogP contribution in [0.3, 0.4) is 0 Å². The van der Waals surface area contributed by atoms with E-state index in [2.05, 4.69) is 5.32 Å². The maximum Gasteiger partial charge on any atom is 0.331 e. The monoisotopic (exact) mass is 491 g/mol. The van der Waals surface area contributed by atoms with Gasteiger partial charge in [0.25, 0.3) is 5.56 Å². The number of halogens is 2. The number of amides is 1. The molecule has 1 N–H and O–H groups in total. The fourth-order valence-corrected chi connectivity index (χ4v) is 5.62. The number of benzene rings is 1. The summed E-state index contributed by atoms with van der Waals surface area (Å²) >= 11 is 7.47. The van der Waals surface area contributed by atoms with Crippen molar-refractivity contribution in [2.75, 3.05) is 0 Å². The zero-order valence-electron chi connectivity index (χ0n) is 18.6. The highest BCUT2D eigenvalue weighted by Gasteiger charge is 2.28. The summed E-state index contributed by atoms with van der Waals surface area (Å²) in [5.41, 5.74) is -0.0827. The van der Waals surface area contributed by atoms with E-state index >= 15 is 0 Å². The molecular formula is C24H27ClFN3O3S. The van der Waals surface area contributed by atoms with Gasteiger partial charge in [0.15, 0.2) is 0 Å². The summed E-state index contributed by atoms with van der Waals surface area (Å²) in [6.45, 7) is 4.11. The fraction of sp³-hybridized carbons (Fsp3) is 0.458. The summed E-state index contributed by atoms with van der Waals surface area (Å²) < 4.78 is 17.6. The van der Waals surface area contributed by atoms with Crippen LogP contribution in [0.5, 0.6) is 0 Å². The number of hydrogen-bond acceptors (Lipinski definition) is 4. The SMILES string of the molecule is CC(C)NC(=O)C1CCC(Cn2c(=O)c3sccc3n(Cc3c(F)cccc3Cl)c2=O)CC1. The first-order valence-corrected chi connectivity index (χ1v) is 12.5. The Morgan fingerprint density at radius 3 is 2.58 bits per heavy atom. The zero-order valence-corrected chi connectivity index (χ0v) is 20.2. The summed E-state index contributed by atoms with van der Waals surface area (Å²) in [5.74, 6) is -0.320. The summed E-state index contributed by atoms with van der Waals surface area (Å²) in [6, 6.07) is 6.22. The highest BCUT2D eigenvalue weighted by molar-refractivity contribution is 7.17. The highest BCUT2D eigenvalue weighted by Crippen LogP contribution is 2.30. The van der Waals surface area contributed by atoms with Crippen LogP contribution in [0.4, 0.5) is 4.39 Å². The Morgan fingerprint density at radius 1 is 1.18 bits per heavy atom. The summed E-state index contributed by atoms with van der Waals surface area (Å²) in [5, 5.41) is 4.96. The molecule has 1 fully saturated rings. The third-order valence-electron chi connectivity index (χ3n) is 6.30. The van der Waals surface area contributed by atoms with Crippen LogP contribution < -0.4 is 16.6 Å². The van der Waals surface area contributed by atoms with E-state index in [-0.39, 0.29) is 53.0 Å². The molecule has 1 aliphatic rings. The van der Waals surface area contributed by atoms with E-state index in [0.29, 0.717) is 10.2 Å². The average molecular weight is 492 g/mol. The Labute approximate surface area is 200 Å². The van der Waals surface area contributed by atoms with Crippen molar-refractivity contribution in [3.05, 3.63) is 66.9 Å². The fourth-order valence-electron chi connectivity index (χ4n) is 4.56. The summed E-state index contributed by atoms with van der Waals surface area (Å²) in [7, 11) is 0. The first-order chi connectivity index (χ1) is 15.8. The predicted molar refractivity (Wildman–Crippen MR) is 130 cm³/mol. The molecule has 2 aromatic heterocycles. The van der Waals surface area contributed by atoms with E-state index in [4.69, 9.17) is 11.6 Å². The standard InChI is InChI=1S/C24H27ClFN3O3S/c1-14(2)27-22(30)16-8-6-15(7-9-16)12-29-23(31)21-20(10-11-33-21)28(24(29)32)13-17-18(25)4-3-5-19(17)26/h3-5,10-11,14-16H,6-9,12-13H2,1-2H3,(H,27,30). The number of carbonyl (C=O) groups is 1. The molecule has 176 valence electrons. The van der Waals surface area contributed by atoms with Gasteiger partial charge in [-0.2, -0.15) is 0 Å². The molecule has 0 aliphatic heterocycles. The smallest absolute Gasteiger partial charge is 0.331 e. The van der Waals surface area contributed by atoms with Crippen molar-refractivity contribution in [2.24, 2.45) is 11.8 Å². The van der Waals surface area contributed by atoms with E-state index in [9.17, 15) is 18.8 Å². The predicted octanol–water partition coefficient (Wildman–Crippen LogP) is 4.40. The molecule has 4 rings (SSSR count). The summed E-state index contributed by atoms with van der Waals surface area (Å²) in [4.78, 5) is 38.8. The number of carbonyl (C=O) groups excluding carboxylic acids is 1. The van der Waals surface area contributed by atoms with E-state index in [0.717, 1.165) is 25.7 Å². The molecule has 0 bridgehead atoms. The van der Waals surface area contributed by atoms with Gasteiger partial charge in [0, 0.05) is 29.1 Å². The minimum atomic E-state index is -0.492. The van der Waals surface area contributed by atoms with E-state index in [1.54, 1.807) is 17.5 Å². The molecule has 0 radical (unpaired) electrons. The minimum Gasteiger partial charge on any atom is -0.354 e. The van der Waals surface area contributed by atoms with Crippen LogP contribution in [0, 0.1) is 17.7 Å². The van der Waals surface area contributed by atoms with E-state index in [1.807, 2.05) is 13.8 Å². The van der Waals surface area contributed by atoms with Gasteiger partial charge in [0.2, 0.25) is 5.91 Å². The lowest BCUT2D eigenvalue weighted by molar-refractivity contribution is -0.126. The number of fused-ring (bicyclic) bond motifs is 1. The Hall–Kier alpha value is -2.45. The average Bonchev–Trinajstić information content (AvgIpc) is 3.26. The number of rotatable bonds is 6. The third kappa shape index (κ3) is 4.92. The van der Waals surface area contributed by atoms with Gasteiger partial charge in [-0.25, -0.2) is 9.18 Å². The van der Waals surface area contributed by atoms with Crippen molar-refractivity contribution in [3.8, 4) is 0 Å². The first kappa shape index (κ1) is 23.7. The number of thiophene rings is 1. The molecule has 6 nitrogen and oxygen atoms in total. The number of hydrogen-bond donors (Lipinski definition) is 1. The molecule has 33 heavy (non-hydrogen) atoms. The molecule has 0 unspecified atom stereocenters. The van der Waals surface area contributed by atoms with Crippen LogP contribution in [-0.4, -0.2) is 21.1 Å². The normalized spacial score (nSPS) is 18.7. The van der Waals surface area contributed by atoms with E-state index < -0.39 is 11.5 Å². The molecule has 3 aromatic rings. The second-order valence-corrected chi connectivity index (χ2v) is 10.3. The van der Waals surface area contributed by atoms with E-state index in [1.165, 1.54) is 32.6 Å². The van der Waals surface area contributed by atoms with Gasteiger partial charge in [-0.15, -0.1) is 11.3 Å². The first-order valence-electron chi connectivity index (χ1n) is 11.2. The molecular weight excluding hydrogens is 465 g/mol. The minimum absolute atomic E-state index is 0.0278. The van der Waals surface area contributed by atoms with Crippen LogP contribution in [-0.2, 0) is 17.9 Å². The van der Waals surface area contributed by atoms with Crippen molar-refractivity contribution < 1.29 is 9.18 Å². The lowest BCUT2D eigenvalue weighted by Crippen LogP contribution is -2.42. The maximum atomic E-state index is 14.4. The van der Waals surface area contributed by atoms with Crippen molar-refractivity contribution in [3.63, 3.8) is 0 Å². The van der Waals surface area contributed by atoms with Crippen LogP contribution in [0.25, 0.3) is 10.2 Å². The second kappa shape index (κ2) is 9.81. The Bertz CT molecular complexity index is 1270. The Kier molecular flexibility index (Phi) is 7.05. The highest BCUT2D eigenvalue weighted by atomic mass is 35.5.